The van der Waals surface area contributed by atoms with Crippen LogP contribution in [-0.2, 0) is 4.74 Å². The van der Waals surface area contributed by atoms with Crippen molar-refractivity contribution in [3.05, 3.63) is 23.1 Å². The van der Waals surface area contributed by atoms with Gasteiger partial charge in [0.1, 0.15) is 0 Å². The number of ether oxygens (including phenoxy) is 1. The third-order valence-electron chi connectivity index (χ3n) is 2.56. The van der Waals surface area contributed by atoms with E-state index in [1.807, 2.05) is 13.8 Å². The van der Waals surface area contributed by atoms with Gasteiger partial charge in [-0.3, -0.25) is 4.79 Å². The molecule has 4 nitrogen and oxygen atoms in total. The van der Waals surface area contributed by atoms with Crippen LogP contribution in [0.5, 0.6) is 0 Å². The van der Waals surface area contributed by atoms with Crippen LogP contribution in [0.4, 0.5) is 0 Å². The van der Waals surface area contributed by atoms with Crippen LogP contribution in [0, 0.1) is 0 Å². The maximum absolute atomic E-state index is 12.1. The minimum absolute atomic E-state index is 0.102. The van der Waals surface area contributed by atoms with Crippen LogP contribution in [0.15, 0.2) is 16.7 Å². The number of carbonyl (C=O) groups excluding carboxylic acids is 1. The summed E-state index contributed by atoms with van der Waals surface area (Å²) >= 11 is 5.78. The van der Waals surface area contributed by atoms with Crippen molar-refractivity contribution in [2.75, 3.05) is 19.7 Å². The van der Waals surface area contributed by atoms with E-state index in [0.29, 0.717) is 25.3 Å². The zero-order chi connectivity index (χ0) is 11.8. The van der Waals surface area contributed by atoms with Crippen LogP contribution in [0.3, 0.4) is 0 Å². The molecule has 0 atom stereocenters. The van der Waals surface area contributed by atoms with Crippen LogP contribution in [0.25, 0.3) is 0 Å². The summed E-state index contributed by atoms with van der Waals surface area (Å²) in [4.78, 5) is 13.8. The normalized spacial score (nSPS) is 19.8. The number of hydrogen-bond donors (Lipinski definition) is 0. The highest BCUT2D eigenvalue weighted by Gasteiger charge is 2.31. The van der Waals surface area contributed by atoms with Gasteiger partial charge in [-0.25, -0.2) is 0 Å². The van der Waals surface area contributed by atoms with E-state index < -0.39 is 0 Å². The Labute approximate surface area is 99.1 Å². The zero-order valence-corrected chi connectivity index (χ0v) is 10.1. The van der Waals surface area contributed by atoms with Gasteiger partial charge >= 0.3 is 0 Å². The number of rotatable bonds is 1. The first-order valence-corrected chi connectivity index (χ1v) is 5.54. The lowest BCUT2D eigenvalue weighted by Gasteiger charge is -2.38. The summed E-state index contributed by atoms with van der Waals surface area (Å²) in [7, 11) is 0. The van der Waals surface area contributed by atoms with Crippen molar-refractivity contribution >= 4 is 17.5 Å². The lowest BCUT2D eigenvalue weighted by atomic mass is 10.1. The molecule has 88 valence electrons. The molecule has 1 aromatic rings. The van der Waals surface area contributed by atoms with Crippen LogP contribution in [-0.4, -0.2) is 36.1 Å². The minimum atomic E-state index is -0.301. The van der Waals surface area contributed by atoms with E-state index in [9.17, 15) is 4.79 Å². The molecule has 0 unspecified atom stereocenters. The van der Waals surface area contributed by atoms with E-state index in [2.05, 4.69) is 0 Å². The molecule has 16 heavy (non-hydrogen) atoms. The van der Waals surface area contributed by atoms with Crippen molar-refractivity contribution in [1.29, 1.82) is 0 Å². The number of halogens is 1. The van der Waals surface area contributed by atoms with Crippen LogP contribution in [0.1, 0.15) is 24.2 Å². The predicted molar refractivity (Wildman–Crippen MR) is 59.7 cm³/mol. The first-order chi connectivity index (χ1) is 7.49. The quantitative estimate of drug-likeness (QED) is 0.759. The topological polar surface area (TPSA) is 42.7 Å². The maximum atomic E-state index is 12.1. The smallest absolute Gasteiger partial charge is 0.258 e. The molecular weight excluding hydrogens is 230 g/mol. The molecule has 0 radical (unpaired) electrons. The van der Waals surface area contributed by atoms with E-state index in [0.717, 1.165) is 0 Å². The van der Waals surface area contributed by atoms with E-state index in [1.54, 1.807) is 11.0 Å². The Morgan fingerprint density at radius 3 is 2.88 bits per heavy atom. The number of morpholine rings is 1. The number of hydrogen-bond acceptors (Lipinski definition) is 3. The standard InChI is InChI=1S/C11H14ClNO3/c1-11(2)7-13(4-6-16-11)10(14)8-3-5-15-9(8)12/h3,5H,4,6-7H2,1-2H3. The van der Waals surface area contributed by atoms with Gasteiger partial charge in [0.05, 0.1) is 24.0 Å². The Kier molecular flexibility index (Phi) is 2.95. The van der Waals surface area contributed by atoms with Crippen LogP contribution in [0.2, 0.25) is 5.22 Å². The minimum Gasteiger partial charge on any atom is -0.452 e. The summed E-state index contributed by atoms with van der Waals surface area (Å²) < 4.78 is 10.5. The summed E-state index contributed by atoms with van der Waals surface area (Å²) in [6.07, 6.45) is 1.42. The molecule has 0 aliphatic carbocycles. The Morgan fingerprint density at radius 1 is 1.56 bits per heavy atom. The van der Waals surface area contributed by atoms with Crippen molar-refractivity contribution in [2.45, 2.75) is 19.4 Å². The molecule has 1 aliphatic heterocycles. The largest absolute Gasteiger partial charge is 0.452 e. The molecular formula is C11H14ClNO3. The number of carbonyl (C=O) groups is 1. The third kappa shape index (κ3) is 2.23. The van der Waals surface area contributed by atoms with Crippen molar-refractivity contribution in [1.82, 2.24) is 4.90 Å². The van der Waals surface area contributed by atoms with Crippen molar-refractivity contribution in [2.24, 2.45) is 0 Å². The third-order valence-corrected chi connectivity index (χ3v) is 2.85. The number of nitrogens with zero attached hydrogens (tertiary/aromatic N) is 1. The molecule has 2 heterocycles. The zero-order valence-electron chi connectivity index (χ0n) is 9.33. The van der Waals surface area contributed by atoms with Crippen LogP contribution < -0.4 is 0 Å². The lowest BCUT2D eigenvalue weighted by molar-refractivity contribution is -0.0764. The van der Waals surface area contributed by atoms with E-state index >= 15 is 0 Å². The Hall–Kier alpha value is -1.00. The molecule has 0 aromatic carbocycles. The summed E-state index contributed by atoms with van der Waals surface area (Å²) in [6, 6.07) is 1.59. The highest BCUT2D eigenvalue weighted by molar-refractivity contribution is 6.32. The van der Waals surface area contributed by atoms with E-state index in [1.165, 1.54) is 6.26 Å². The second-order valence-electron chi connectivity index (χ2n) is 4.44. The molecule has 1 saturated heterocycles. The monoisotopic (exact) mass is 243 g/mol. The summed E-state index contributed by atoms with van der Waals surface area (Å²) in [5.74, 6) is -0.102. The molecule has 1 amide bonds. The predicted octanol–water partition coefficient (Wildman–Crippen LogP) is 2.18. The molecule has 1 aromatic heterocycles. The van der Waals surface area contributed by atoms with E-state index in [4.69, 9.17) is 20.8 Å². The number of furan rings is 1. The average molecular weight is 244 g/mol. The summed E-state index contributed by atoms with van der Waals surface area (Å²) in [5.41, 5.74) is 0.115. The molecule has 2 rings (SSSR count). The first-order valence-electron chi connectivity index (χ1n) is 5.16. The van der Waals surface area contributed by atoms with Crippen molar-refractivity contribution < 1.29 is 13.9 Å². The van der Waals surface area contributed by atoms with Gasteiger partial charge in [0.15, 0.2) is 0 Å². The van der Waals surface area contributed by atoms with Gasteiger partial charge in [-0.05, 0) is 31.5 Å². The highest BCUT2D eigenvalue weighted by Crippen LogP contribution is 2.22. The van der Waals surface area contributed by atoms with Crippen molar-refractivity contribution in [3.63, 3.8) is 0 Å². The van der Waals surface area contributed by atoms with Gasteiger partial charge < -0.3 is 14.1 Å². The molecule has 1 aliphatic rings. The van der Waals surface area contributed by atoms with Gasteiger partial charge in [0.25, 0.3) is 5.91 Å². The second-order valence-corrected chi connectivity index (χ2v) is 4.79. The fourth-order valence-electron chi connectivity index (χ4n) is 1.81. The van der Waals surface area contributed by atoms with Crippen molar-refractivity contribution in [3.8, 4) is 0 Å². The number of amides is 1. The van der Waals surface area contributed by atoms with Gasteiger partial charge in [0.2, 0.25) is 5.22 Å². The van der Waals surface area contributed by atoms with E-state index in [-0.39, 0.29) is 16.7 Å². The highest BCUT2D eigenvalue weighted by atomic mass is 35.5. The van der Waals surface area contributed by atoms with Gasteiger partial charge in [-0.15, -0.1) is 0 Å². The SMILES string of the molecule is CC1(C)CN(C(=O)c2ccoc2Cl)CCO1. The molecule has 0 saturated carbocycles. The molecule has 0 spiro atoms. The Bertz CT molecular complexity index is 400. The Morgan fingerprint density at radius 2 is 2.31 bits per heavy atom. The Balaban J connectivity index is 2.14. The average Bonchev–Trinajstić information content (AvgIpc) is 2.62. The van der Waals surface area contributed by atoms with Crippen LogP contribution >= 0.6 is 11.6 Å². The maximum Gasteiger partial charge on any atom is 0.258 e. The lowest BCUT2D eigenvalue weighted by Crippen LogP contribution is -2.50. The fraction of sp³-hybridized carbons (Fsp3) is 0.545. The van der Waals surface area contributed by atoms with Gasteiger partial charge in [-0.1, -0.05) is 0 Å². The molecule has 1 fully saturated rings. The van der Waals surface area contributed by atoms with Gasteiger partial charge in [0, 0.05) is 13.1 Å². The molecule has 0 bridgehead atoms. The fourth-order valence-corrected chi connectivity index (χ4v) is 2.00. The molecule has 0 N–H and O–H groups in total. The molecule has 5 heteroatoms. The van der Waals surface area contributed by atoms with Gasteiger partial charge in [-0.2, -0.15) is 0 Å². The first kappa shape index (κ1) is 11.5. The summed E-state index contributed by atoms with van der Waals surface area (Å²) in [5, 5.41) is 0.147. The summed E-state index contributed by atoms with van der Waals surface area (Å²) in [6.45, 7) is 5.62. The second kappa shape index (κ2) is 4.11.